The summed E-state index contributed by atoms with van der Waals surface area (Å²) in [6, 6.07) is 38.0. The zero-order chi connectivity index (χ0) is 27.7. The topological polar surface area (TPSA) is 43.9 Å². The highest BCUT2D eigenvalue weighted by molar-refractivity contribution is 6.30. The van der Waals surface area contributed by atoms with Gasteiger partial charge in [0.15, 0.2) is 0 Å². The Morgan fingerprint density at radius 1 is 0.700 bits per heavy atom. The zero-order valence-corrected chi connectivity index (χ0v) is 23.3. The number of halogens is 1. The molecule has 1 fully saturated rings. The van der Waals surface area contributed by atoms with Gasteiger partial charge in [-0.15, -0.1) is 0 Å². The Bertz CT molecular complexity index is 1330. The molecule has 5 rings (SSSR count). The molecule has 0 spiro atoms. The Balaban J connectivity index is 1.23. The molecule has 1 saturated heterocycles. The van der Waals surface area contributed by atoms with E-state index in [1.54, 1.807) is 29.2 Å². The number of hydrogen-bond donors (Lipinski definition) is 0. The first-order valence-electron chi connectivity index (χ1n) is 13.8. The van der Waals surface area contributed by atoms with E-state index in [1.807, 2.05) is 47.4 Å². The normalized spacial score (nSPS) is 13.8. The predicted octanol–water partition coefficient (Wildman–Crippen LogP) is 6.31. The van der Waals surface area contributed by atoms with Crippen molar-refractivity contribution in [3.8, 4) is 0 Å². The van der Waals surface area contributed by atoms with Gasteiger partial charge in [-0.2, -0.15) is 0 Å². The van der Waals surface area contributed by atoms with E-state index in [-0.39, 0.29) is 24.3 Å². The first-order chi connectivity index (χ1) is 19.6. The highest BCUT2D eigenvalue weighted by atomic mass is 35.5. The van der Waals surface area contributed by atoms with Crippen LogP contribution in [0.1, 0.15) is 39.5 Å². The number of benzene rings is 4. The van der Waals surface area contributed by atoms with Gasteiger partial charge in [0.25, 0.3) is 5.91 Å². The third kappa shape index (κ3) is 6.98. The summed E-state index contributed by atoms with van der Waals surface area (Å²) in [6.45, 7) is 3.71. The van der Waals surface area contributed by atoms with Crippen LogP contribution in [0, 0.1) is 0 Å². The molecule has 40 heavy (non-hydrogen) atoms. The summed E-state index contributed by atoms with van der Waals surface area (Å²) in [5.74, 6) is -0.0238. The maximum Gasteiger partial charge on any atom is 0.254 e. The van der Waals surface area contributed by atoms with Crippen molar-refractivity contribution < 1.29 is 9.59 Å². The van der Waals surface area contributed by atoms with E-state index in [2.05, 4.69) is 53.4 Å². The number of rotatable bonds is 9. The molecule has 1 heterocycles. The van der Waals surface area contributed by atoms with Crippen molar-refractivity contribution in [1.82, 2.24) is 14.7 Å². The van der Waals surface area contributed by atoms with Gasteiger partial charge in [0, 0.05) is 56.3 Å². The molecule has 0 atom stereocenters. The van der Waals surface area contributed by atoms with Gasteiger partial charge in [-0.1, -0.05) is 103 Å². The summed E-state index contributed by atoms with van der Waals surface area (Å²) < 4.78 is 0. The molecule has 1 aliphatic heterocycles. The number of carbonyl (C=O) groups excluding carboxylic acids is 2. The van der Waals surface area contributed by atoms with E-state index >= 15 is 0 Å². The van der Waals surface area contributed by atoms with Crippen molar-refractivity contribution in [1.29, 1.82) is 0 Å². The minimum absolute atomic E-state index is 0.0811. The fraction of sp³-hybridized carbons (Fsp3) is 0.235. The fourth-order valence-corrected chi connectivity index (χ4v) is 5.46. The summed E-state index contributed by atoms with van der Waals surface area (Å²) in [4.78, 5) is 32.9. The second-order valence-electron chi connectivity index (χ2n) is 10.1. The van der Waals surface area contributed by atoms with Crippen LogP contribution in [0.3, 0.4) is 0 Å². The molecule has 1 aliphatic rings. The first kappa shape index (κ1) is 27.6. The average Bonchev–Trinajstić information content (AvgIpc) is 3.01. The van der Waals surface area contributed by atoms with Crippen molar-refractivity contribution in [3.63, 3.8) is 0 Å². The summed E-state index contributed by atoms with van der Waals surface area (Å²) in [7, 11) is 0. The first-order valence-corrected chi connectivity index (χ1v) is 14.2. The van der Waals surface area contributed by atoms with Gasteiger partial charge in [-0.3, -0.25) is 14.5 Å². The number of piperazine rings is 1. The smallest absolute Gasteiger partial charge is 0.254 e. The van der Waals surface area contributed by atoms with Gasteiger partial charge in [0.1, 0.15) is 0 Å². The standard InChI is InChI=1S/C34H34ClN3O2/c35-31-18-16-30(17-19-31)34(40)38(26-27-10-4-1-5-11-27)21-20-32(39)36-22-24-37(25-23-36)33(28-12-6-2-7-13-28)29-14-8-3-9-15-29/h1-19,33H,20-26H2. The van der Waals surface area contributed by atoms with E-state index in [0.29, 0.717) is 36.8 Å². The maximum atomic E-state index is 13.4. The highest BCUT2D eigenvalue weighted by Gasteiger charge is 2.28. The lowest BCUT2D eigenvalue weighted by Crippen LogP contribution is -2.50. The Labute approximate surface area is 241 Å². The largest absolute Gasteiger partial charge is 0.340 e. The van der Waals surface area contributed by atoms with Crippen LogP contribution in [0.15, 0.2) is 115 Å². The molecule has 0 saturated carbocycles. The van der Waals surface area contributed by atoms with Crippen molar-refractivity contribution in [2.45, 2.75) is 19.0 Å². The molecule has 0 bridgehead atoms. The average molecular weight is 552 g/mol. The SMILES string of the molecule is O=C(CCN(Cc1ccccc1)C(=O)c1ccc(Cl)cc1)N1CCN(C(c2ccccc2)c2ccccc2)CC1. The van der Waals surface area contributed by atoms with Crippen LogP contribution in [0.5, 0.6) is 0 Å². The van der Waals surface area contributed by atoms with Crippen molar-refractivity contribution in [2.24, 2.45) is 0 Å². The quantitative estimate of drug-likeness (QED) is 0.245. The molecule has 0 aromatic heterocycles. The molecule has 0 unspecified atom stereocenters. The minimum Gasteiger partial charge on any atom is -0.340 e. The highest BCUT2D eigenvalue weighted by Crippen LogP contribution is 2.29. The molecule has 4 aromatic rings. The molecule has 0 aliphatic carbocycles. The maximum absolute atomic E-state index is 13.4. The lowest BCUT2D eigenvalue weighted by Gasteiger charge is -2.40. The summed E-state index contributed by atoms with van der Waals surface area (Å²) in [5, 5.41) is 0.585. The van der Waals surface area contributed by atoms with E-state index in [1.165, 1.54) is 11.1 Å². The van der Waals surface area contributed by atoms with Crippen molar-refractivity contribution in [3.05, 3.63) is 143 Å². The number of carbonyl (C=O) groups is 2. The number of nitrogens with zero attached hydrogens (tertiary/aromatic N) is 3. The monoisotopic (exact) mass is 551 g/mol. The molecule has 0 N–H and O–H groups in total. The van der Waals surface area contributed by atoms with Gasteiger partial charge < -0.3 is 9.80 Å². The Morgan fingerprint density at radius 3 is 1.77 bits per heavy atom. The minimum atomic E-state index is -0.105. The van der Waals surface area contributed by atoms with E-state index in [4.69, 9.17) is 11.6 Å². The van der Waals surface area contributed by atoms with Gasteiger partial charge in [-0.25, -0.2) is 0 Å². The molecule has 5 nitrogen and oxygen atoms in total. The zero-order valence-electron chi connectivity index (χ0n) is 22.5. The fourth-order valence-electron chi connectivity index (χ4n) is 5.33. The van der Waals surface area contributed by atoms with Crippen molar-refractivity contribution >= 4 is 23.4 Å². The number of amides is 2. The van der Waals surface area contributed by atoms with E-state index < -0.39 is 0 Å². The van der Waals surface area contributed by atoms with Crippen LogP contribution in [0.25, 0.3) is 0 Å². The van der Waals surface area contributed by atoms with Crippen molar-refractivity contribution in [2.75, 3.05) is 32.7 Å². The third-order valence-electron chi connectivity index (χ3n) is 7.45. The Hall–Kier alpha value is -3.93. The summed E-state index contributed by atoms with van der Waals surface area (Å²) in [5.41, 5.74) is 4.10. The van der Waals surface area contributed by atoms with Crippen LogP contribution in [0.2, 0.25) is 5.02 Å². The van der Waals surface area contributed by atoms with Crippen LogP contribution in [-0.4, -0.2) is 59.2 Å². The molecule has 6 heteroatoms. The van der Waals surface area contributed by atoms with Gasteiger partial charge >= 0.3 is 0 Å². The molecular formula is C34H34ClN3O2. The van der Waals surface area contributed by atoms with E-state index in [9.17, 15) is 9.59 Å². The second kappa shape index (κ2) is 13.4. The molecule has 2 amide bonds. The molecule has 0 radical (unpaired) electrons. The molecule has 204 valence electrons. The van der Waals surface area contributed by atoms with Gasteiger partial charge in [0.05, 0.1) is 6.04 Å². The van der Waals surface area contributed by atoms with Crippen LogP contribution < -0.4 is 0 Å². The van der Waals surface area contributed by atoms with Gasteiger partial charge in [0.2, 0.25) is 5.91 Å². The lowest BCUT2D eigenvalue weighted by molar-refractivity contribution is -0.133. The van der Waals surface area contributed by atoms with Crippen LogP contribution in [-0.2, 0) is 11.3 Å². The predicted molar refractivity (Wildman–Crippen MR) is 160 cm³/mol. The summed E-state index contributed by atoms with van der Waals surface area (Å²) in [6.07, 6.45) is 0.285. The second-order valence-corrected chi connectivity index (χ2v) is 10.5. The van der Waals surface area contributed by atoms with Crippen LogP contribution in [0.4, 0.5) is 0 Å². The Kier molecular flexibility index (Phi) is 9.27. The van der Waals surface area contributed by atoms with E-state index in [0.717, 1.165) is 18.7 Å². The molecular weight excluding hydrogens is 518 g/mol. The van der Waals surface area contributed by atoms with Crippen LogP contribution >= 0.6 is 11.6 Å². The Morgan fingerprint density at radius 2 is 1.23 bits per heavy atom. The lowest BCUT2D eigenvalue weighted by atomic mass is 9.96. The molecule has 4 aromatic carbocycles. The summed E-state index contributed by atoms with van der Waals surface area (Å²) >= 11 is 6.04. The van der Waals surface area contributed by atoms with Gasteiger partial charge in [-0.05, 0) is 41.0 Å². The number of hydrogen-bond acceptors (Lipinski definition) is 3. The third-order valence-corrected chi connectivity index (χ3v) is 7.70.